The zero-order chi connectivity index (χ0) is 17.6. The van der Waals surface area contributed by atoms with Gasteiger partial charge in [-0.1, -0.05) is 26.0 Å². The van der Waals surface area contributed by atoms with Crippen LogP contribution in [-0.4, -0.2) is 34.5 Å². The average molecular weight is 324 g/mol. The fourth-order valence-corrected chi connectivity index (χ4v) is 2.01. The summed E-state index contributed by atoms with van der Waals surface area (Å²) in [5, 5.41) is 25.4. The monoisotopic (exact) mass is 324 g/mol. The van der Waals surface area contributed by atoms with E-state index in [9.17, 15) is 15.0 Å². The number of carbonyl (C=O) groups excluding carboxylic acids is 1. The normalized spacial score (nSPS) is 13.0. The first-order valence-corrected chi connectivity index (χ1v) is 7.80. The quantitative estimate of drug-likeness (QED) is 0.604. The van der Waals surface area contributed by atoms with Gasteiger partial charge in [0.1, 0.15) is 5.60 Å². The lowest BCUT2D eigenvalue weighted by molar-refractivity contribution is 0.0519. The highest BCUT2D eigenvalue weighted by atomic mass is 16.6. The Morgan fingerprint density at radius 1 is 1.26 bits per heavy atom. The van der Waals surface area contributed by atoms with Crippen molar-refractivity contribution in [2.75, 3.05) is 6.54 Å². The number of benzene rings is 1. The molecule has 0 spiro atoms. The molecule has 1 unspecified atom stereocenters. The number of phenolic OH excluding ortho intramolecular Hbond substituents is 2. The Hall–Kier alpha value is -1.95. The van der Waals surface area contributed by atoms with E-state index in [1.807, 2.05) is 34.6 Å². The van der Waals surface area contributed by atoms with Crippen LogP contribution in [0.15, 0.2) is 18.2 Å². The number of phenols is 2. The number of alkyl carbamates (subject to hydrolysis) is 1. The van der Waals surface area contributed by atoms with E-state index in [0.29, 0.717) is 18.7 Å². The van der Waals surface area contributed by atoms with Crippen molar-refractivity contribution < 1.29 is 19.7 Å². The number of carbonyl (C=O) groups is 1. The Morgan fingerprint density at radius 3 is 2.48 bits per heavy atom. The van der Waals surface area contributed by atoms with Gasteiger partial charge in [0, 0.05) is 24.7 Å². The van der Waals surface area contributed by atoms with Crippen LogP contribution in [0.1, 0.15) is 40.2 Å². The first kappa shape index (κ1) is 19.1. The molecule has 0 aliphatic rings. The van der Waals surface area contributed by atoms with Crippen LogP contribution >= 0.6 is 0 Å². The van der Waals surface area contributed by atoms with Crippen LogP contribution in [0.2, 0.25) is 0 Å². The van der Waals surface area contributed by atoms with Crippen LogP contribution in [0.3, 0.4) is 0 Å². The highest BCUT2D eigenvalue weighted by Crippen LogP contribution is 2.28. The molecule has 0 aliphatic carbocycles. The minimum Gasteiger partial charge on any atom is -0.504 e. The van der Waals surface area contributed by atoms with Crippen molar-refractivity contribution in [1.29, 1.82) is 0 Å². The number of hydrogen-bond acceptors (Lipinski definition) is 5. The molecule has 0 bridgehead atoms. The molecule has 1 aromatic rings. The Morgan fingerprint density at radius 2 is 1.91 bits per heavy atom. The predicted molar refractivity (Wildman–Crippen MR) is 89.5 cm³/mol. The molecule has 0 radical (unpaired) electrons. The van der Waals surface area contributed by atoms with Gasteiger partial charge in [0.25, 0.3) is 0 Å². The summed E-state index contributed by atoms with van der Waals surface area (Å²) < 4.78 is 5.21. The summed E-state index contributed by atoms with van der Waals surface area (Å²) in [6, 6.07) is 4.85. The summed E-state index contributed by atoms with van der Waals surface area (Å²) in [6.45, 7) is 10.3. The molecule has 0 aliphatic heterocycles. The van der Waals surface area contributed by atoms with Crippen LogP contribution in [0.4, 0.5) is 4.79 Å². The molecule has 0 saturated heterocycles. The van der Waals surface area contributed by atoms with Crippen molar-refractivity contribution in [3.63, 3.8) is 0 Å². The van der Waals surface area contributed by atoms with Gasteiger partial charge in [-0.2, -0.15) is 0 Å². The van der Waals surface area contributed by atoms with Crippen LogP contribution < -0.4 is 10.6 Å². The first-order chi connectivity index (χ1) is 10.6. The van der Waals surface area contributed by atoms with Gasteiger partial charge < -0.3 is 25.6 Å². The number of para-hydroxylation sites is 1. The molecule has 6 heteroatoms. The number of nitrogens with one attached hydrogen (secondary N) is 2. The molecule has 1 atom stereocenters. The third-order valence-corrected chi connectivity index (χ3v) is 3.32. The van der Waals surface area contributed by atoms with Crippen molar-refractivity contribution >= 4 is 6.09 Å². The molecule has 0 aromatic heterocycles. The van der Waals surface area contributed by atoms with Crippen LogP contribution in [-0.2, 0) is 11.3 Å². The van der Waals surface area contributed by atoms with Crippen molar-refractivity contribution in [1.82, 2.24) is 10.6 Å². The largest absolute Gasteiger partial charge is 0.504 e. The molecule has 0 heterocycles. The van der Waals surface area contributed by atoms with E-state index in [-0.39, 0.29) is 23.5 Å². The molecular weight excluding hydrogens is 296 g/mol. The second kappa shape index (κ2) is 8.06. The third-order valence-electron chi connectivity index (χ3n) is 3.32. The van der Waals surface area contributed by atoms with Crippen LogP contribution in [0, 0.1) is 5.92 Å². The van der Waals surface area contributed by atoms with Gasteiger partial charge in [0.05, 0.1) is 0 Å². The fourth-order valence-electron chi connectivity index (χ4n) is 2.01. The minimum atomic E-state index is -0.530. The summed E-state index contributed by atoms with van der Waals surface area (Å²) >= 11 is 0. The van der Waals surface area contributed by atoms with Gasteiger partial charge in [-0.15, -0.1) is 0 Å². The van der Waals surface area contributed by atoms with E-state index in [1.54, 1.807) is 12.1 Å². The Balaban J connectivity index is 2.56. The van der Waals surface area contributed by atoms with Crippen molar-refractivity contribution in [2.45, 2.75) is 52.8 Å². The van der Waals surface area contributed by atoms with Gasteiger partial charge in [-0.3, -0.25) is 0 Å². The van der Waals surface area contributed by atoms with Crippen molar-refractivity contribution in [3.05, 3.63) is 23.8 Å². The van der Waals surface area contributed by atoms with E-state index >= 15 is 0 Å². The van der Waals surface area contributed by atoms with Crippen molar-refractivity contribution in [3.8, 4) is 11.5 Å². The number of aromatic hydroxyl groups is 2. The maximum absolute atomic E-state index is 11.7. The second-order valence-electron chi connectivity index (χ2n) is 6.90. The molecule has 0 fully saturated rings. The molecule has 0 saturated carbocycles. The molecule has 1 amide bonds. The maximum atomic E-state index is 11.7. The van der Waals surface area contributed by atoms with Gasteiger partial charge in [0.2, 0.25) is 0 Å². The second-order valence-corrected chi connectivity index (χ2v) is 6.90. The van der Waals surface area contributed by atoms with Gasteiger partial charge in [-0.25, -0.2) is 4.79 Å². The van der Waals surface area contributed by atoms with Crippen molar-refractivity contribution in [2.24, 2.45) is 5.92 Å². The summed E-state index contributed by atoms with van der Waals surface area (Å²) in [7, 11) is 0. The number of ether oxygens (including phenoxy) is 1. The Bertz CT molecular complexity index is 524. The first-order valence-electron chi connectivity index (χ1n) is 7.80. The molecule has 6 nitrogen and oxygen atoms in total. The summed E-state index contributed by atoms with van der Waals surface area (Å²) in [4.78, 5) is 11.7. The van der Waals surface area contributed by atoms with E-state index in [0.717, 1.165) is 0 Å². The summed E-state index contributed by atoms with van der Waals surface area (Å²) in [5.74, 6) is 0.00396. The lowest BCUT2D eigenvalue weighted by Crippen LogP contribution is -2.45. The number of hydrogen-bond donors (Lipinski definition) is 4. The lowest BCUT2D eigenvalue weighted by Gasteiger charge is -2.25. The highest BCUT2D eigenvalue weighted by molar-refractivity contribution is 5.67. The number of rotatable bonds is 6. The smallest absolute Gasteiger partial charge is 0.407 e. The fraction of sp³-hybridized carbons (Fsp3) is 0.588. The van der Waals surface area contributed by atoms with Gasteiger partial charge in [-0.05, 0) is 32.8 Å². The molecule has 1 rings (SSSR count). The van der Waals surface area contributed by atoms with E-state index in [2.05, 4.69) is 10.6 Å². The van der Waals surface area contributed by atoms with Gasteiger partial charge >= 0.3 is 6.09 Å². The lowest BCUT2D eigenvalue weighted by atomic mass is 10.0. The Kier molecular flexibility index (Phi) is 6.69. The molecule has 23 heavy (non-hydrogen) atoms. The zero-order valence-electron chi connectivity index (χ0n) is 14.5. The topological polar surface area (TPSA) is 90.8 Å². The van der Waals surface area contributed by atoms with Crippen LogP contribution in [0.5, 0.6) is 11.5 Å². The highest BCUT2D eigenvalue weighted by Gasteiger charge is 2.19. The standard InChI is InChI=1S/C17H28N2O4/c1-11(2)13(10-19-16(22)23-17(3,4)5)18-9-12-7-6-8-14(20)15(12)21/h6-8,11,13,18,20-21H,9-10H2,1-5H3,(H,19,22). The summed E-state index contributed by atoms with van der Waals surface area (Å²) in [6.07, 6.45) is -0.454. The van der Waals surface area contributed by atoms with Crippen LogP contribution in [0.25, 0.3) is 0 Å². The minimum absolute atomic E-state index is 0.00395. The SMILES string of the molecule is CC(C)C(CNC(=O)OC(C)(C)C)NCc1cccc(O)c1O. The molecular formula is C17H28N2O4. The summed E-state index contributed by atoms with van der Waals surface area (Å²) in [5.41, 5.74) is 0.0750. The molecule has 130 valence electrons. The molecule has 1 aromatic carbocycles. The third kappa shape index (κ3) is 6.78. The van der Waals surface area contributed by atoms with E-state index < -0.39 is 11.7 Å². The number of amides is 1. The van der Waals surface area contributed by atoms with E-state index in [1.165, 1.54) is 6.07 Å². The maximum Gasteiger partial charge on any atom is 0.407 e. The molecule has 4 N–H and O–H groups in total. The Labute approximate surface area is 137 Å². The predicted octanol–water partition coefficient (Wildman–Crippen LogP) is 2.74. The zero-order valence-corrected chi connectivity index (χ0v) is 14.5. The van der Waals surface area contributed by atoms with E-state index in [4.69, 9.17) is 4.74 Å². The van der Waals surface area contributed by atoms with Gasteiger partial charge in [0.15, 0.2) is 11.5 Å². The average Bonchev–Trinajstić information content (AvgIpc) is 2.40.